The Morgan fingerprint density at radius 2 is 2.39 bits per heavy atom. The maximum Gasteiger partial charge on any atom is 0.221 e. The zero-order chi connectivity index (χ0) is 13.0. The van der Waals surface area contributed by atoms with Crippen LogP contribution in [-0.4, -0.2) is 23.1 Å². The van der Waals surface area contributed by atoms with Crippen molar-refractivity contribution in [3.8, 4) is 6.07 Å². The molecule has 1 amide bonds. The van der Waals surface area contributed by atoms with E-state index in [1.807, 2.05) is 19.3 Å². The topological polar surface area (TPSA) is 69.8 Å². The fourth-order valence-electron chi connectivity index (χ4n) is 1.80. The number of carbonyl (C=O) groups excluding carboxylic acids is 1. The third kappa shape index (κ3) is 3.60. The molecule has 0 radical (unpaired) electrons. The summed E-state index contributed by atoms with van der Waals surface area (Å²) in [6.45, 7) is 1.35. The third-order valence-corrected chi connectivity index (χ3v) is 2.98. The third-order valence-electron chi connectivity index (χ3n) is 2.98. The van der Waals surface area contributed by atoms with Crippen molar-refractivity contribution in [1.82, 2.24) is 15.2 Å². The Kier molecular flexibility index (Phi) is 4.00. The minimum atomic E-state index is 0.121. The van der Waals surface area contributed by atoms with E-state index in [0.717, 1.165) is 18.4 Å². The van der Waals surface area contributed by atoms with Gasteiger partial charge in [-0.25, -0.2) is 0 Å². The first-order valence-corrected chi connectivity index (χ1v) is 6.24. The van der Waals surface area contributed by atoms with Crippen molar-refractivity contribution < 1.29 is 4.79 Å². The van der Waals surface area contributed by atoms with Gasteiger partial charge in [0.05, 0.1) is 0 Å². The maximum absolute atomic E-state index is 11.4. The lowest BCUT2D eigenvalue weighted by Gasteiger charge is -2.04. The Morgan fingerprint density at radius 1 is 1.61 bits per heavy atom. The largest absolute Gasteiger partial charge is 0.353 e. The first-order chi connectivity index (χ1) is 8.69. The monoisotopic (exact) mass is 246 g/mol. The van der Waals surface area contributed by atoms with Crippen LogP contribution in [0.4, 0.5) is 0 Å². The van der Waals surface area contributed by atoms with E-state index in [0.29, 0.717) is 31.2 Å². The van der Waals surface area contributed by atoms with Gasteiger partial charge in [-0.2, -0.15) is 5.26 Å². The summed E-state index contributed by atoms with van der Waals surface area (Å²) in [6, 6.07) is 4.42. The molecule has 1 aromatic rings. The summed E-state index contributed by atoms with van der Waals surface area (Å²) in [6.07, 6.45) is 4.69. The second kappa shape index (κ2) is 5.69. The van der Waals surface area contributed by atoms with Crippen LogP contribution in [0.5, 0.6) is 0 Å². The van der Waals surface area contributed by atoms with E-state index in [9.17, 15) is 4.79 Å². The van der Waals surface area contributed by atoms with Crippen LogP contribution in [0.2, 0.25) is 0 Å². The Bertz CT molecular complexity index is 468. The predicted octanol–water partition coefficient (Wildman–Crippen LogP) is 0.655. The van der Waals surface area contributed by atoms with E-state index in [-0.39, 0.29) is 5.91 Å². The fraction of sp³-hybridized carbons (Fsp3) is 0.538. The van der Waals surface area contributed by atoms with Crippen molar-refractivity contribution in [2.75, 3.05) is 6.54 Å². The highest BCUT2D eigenvalue weighted by atomic mass is 16.1. The number of hydrogen-bond acceptors (Lipinski definition) is 3. The molecule has 1 saturated carbocycles. The quantitative estimate of drug-likeness (QED) is 0.724. The van der Waals surface area contributed by atoms with Gasteiger partial charge in [-0.05, 0) is 24.5 Å². The van der Waals surface area contributed by atoms with Crippen molar-refractivity contribution in [3.05, 3.63) is 23.5 Å². The highest BCUT2D eigenvalue weighted by Crippen LogP contribution is 2.18. The molecule has 1 aliphatic rings. The lowest BCUT2D eigenvalue weighted by molar-refractivity contribution is -0.121. The Morgan fingerprint density at radius 3 is 3.00 bits per heavy atom. The molecular weight excluding hydrogens is 228 g/mol. The molecule has 0 aromatic carbocycles. The van der Waals surface area contributed by atoms with E-state index in [2.05, 4.69) is 16.7 Å². The van der Waals surface area contributed by atoms with Gasteiger partial charge in [0.1, 0.15) is 11.8 Å². The average molecular weight is 246 g/mol. The Labute approximate surface area is 107 Å². The van der Waals surface area contributed by atoms with Crippen molar-refractivity contribution in [3.63, 3.8) is 0 Å². The predicted molar refractivity (Wildman–Crippen MR) is 67.6 cm³/mol. The first kappa shape index (κ1) is 12.7. The standard InChI is InChI=1S/C13H18N4O/c1-17-9-10(6-12(17)7-14)8-15-5-4-13(18)16-11-2-3-11/h6,9,11,15H,2-5,8H2,1H3,(H,16,18). The molecule has 1 fully saturated rings. The molecule has 0 spiro atoms. The highest BCUT2D eigenvalue weighted by Gasteiger charge is 2.22. The molecule has 2 N–H and O–H groups in total. The molecule has 1 aromatic heterocycles. The van der Waals surface area contributed by atoms with E-state index in [1.54, 1.807) is 4.57 Å². The molecule has 2 rings (SSSR count). The van der Waals surface area contributed by atoms with Gasteiger partial charge in [0, 0.05) is 38.8 Å². The summed E-state index contributed by atoms with van der Waals surface area (Å²) in [5.74, 6) is 0.121. The molecule has 0 aliphatic heterocycles. The molecule has 0 unspecified atom stereocenters. The van der Waals surface area contributed by atoms with Crippen LogP contribution in [0.25, 0.3) is 0 Å². The van der Waals surface area contributed by atoms with Crippen LogP contribution in [0.3, 0.4) is 0 Å². The maximum atomic E-state index is 11.4. The molecule has 18 heavy (non-hydrogen) atoms. The number of nitriles is 1. The molecular formula is C13H18N4O. The molecule has 0 saturated heterocycles. The summed E-state index contributed by atoms with van der Waals surface area (Å²) in [5.41, 5.74) is 1.72. The van der Waals surface area contributed by atoms with E-state index >= 15 is 0 Å². The van der Waals surface area contributed by atoms with Crippen LogP contribution >= 0.6 is 0 Å². The Hall–Kier alpha value is -1.80. The molecule has 5 heteroatoms. The molecule has 0 atom stereocenters. The lowest BCUT2D eigenvalue weighted by atomic mass is 10.3. The lowest BCUT2D eigenvalue weighted by Crippen LogP contribution is -2.28. The van der Waals surface area contributed by atoms with Crippen molar-refractivity contribution in [2.45, 2.75) is 31.8 Å². The minimum Gasteiger partial charge on any atom is -0.353 e. The van der Waals surface area contributed by atoms with Gasteiger partial charge < -0.3 is 15.2 Å². The summed E-state index contributed by atoms with van der Waals surface area (Å²) in [4.78, 5) is 11.4. The zero-order valence-electron chi connectivity index (χ0n) is 10.6. The summed E-state index contributed by atoms with van der Waals surface area (Å²) in [5, 5.41) is 15.0. The number of nitrogens with zero attached hydrogens (tertiary/aromatic N) is 2. The number of carbonyl (C=O) groups is 1. The van der Waals surface area contributed by atoms with Crippen LogP contribution in [0.15, 0.2) is 12.3 Å². The van der Waals surface area contributed by atoms with Gasteiger partial charge in [-0.15, -0.1) is 0 Å². The number of amides is 1. The smallest absolute Gasteiger partial charge is 0.221 e. The van der Waals surface area contributed by atoms with Crippen molar-refractivity contribution in [1.29, 1.82) is 5.26 Å². The minimum absolute atomic E-state index is 0.121. The molecule has 96 valence electrons. The summed E-state index contributed by atoms with van der Waals surface area (Å²) < 4.78 is 1.80. The number of nitrogens with one attached hydrogen (secondary N) is 2. The number of hydrogen-bond donors (Lipinski definition) is 2. The zero-order valence-corrected chi connectivity index (χ0v) is 10.6. The molecule has 1 aliphatic carbocycles. The normalized spacial score (nSPS) is 14.2. The van der Waals surface area contributed by atoms with Gasteiger partial charge in [-0.1, -0.05) is 0 Å². The van der Waals surface area contributed by atoms with E-state index in [1.165, 1.54) is 0 Å². The summed E-state index contributed by atoms with van der Waals surface area (Å²) >= 11 is 0. The van der Waals surface area contributed by atoms with Crippen molar-refractivity contribution in [2.24, 2.45) is 7.05 Å². The molecule has 0 bridgehead atoms. The second-order valence-corrected chi connectivity index (χ2v) is 4.72. The van der Waals surface area contributed by atoms with Crippen LogP contribution < -0.4 is 10.6 Å². The van der Waals surface area contributed by atoms with Crippen LogP contribution in [0, 0.1) is 11.3 Å². The van der Waals surface area contributed by atoms with E-state index in [4.69, 9.17) is 5.26 Å². The number of rotatable bonds is 6. The van der Waals surface area contributed by atoms with Crippen LogP contribution in [-0.2, 0) is 18.4 Å². The summed E-state index contributed by atoms with van der Waals surface area (Å²) in [7, 11) is 1.85. The fourth-order valence-corrected chi connectivity index (χ4v) is 1.80. The second-order valence-electron chi connectivity index (χ2n) is 4.72. The van der Waals surface area contributed by atoms with Gasteiger partial charge in [-0.3, -0.25) is 4.79 Å². The van der Waals surface area contributed by atoms with Crippen molar-refractivity contribution >= 4 is 5.91 Å². The molecule has 5 nitrogen and oxygen atoms in total. The first-order valence-electron chi connectivity index (χ1n) is 6.24. The van der Waals surface area contributed by atoms with Gasteiger partial charge >= 0.3 is 0 Å². The number of aryl methyl sites for hydroxylation is 1. The van der Waals surface area contributed by atoms with Gasteiger partial charge in [0.25, 0.3) is 0 Å². The Balaban J connectivity index is 1.65. The average Bonchev–Trinajstić information content (AvgIpc) is 3.07. The van der Waals surface area contributed by atoms with Gasteiger partial charge in [0.2, 0.25) is 5.91 Å². The SMILES string of the molecule is Cn1cc(CNCCC(=O)NC2CC2)cc1C#N. The van der Waals surface area contributed by atoms with Crippen LogP contribution in [0.1, 0.15) is 30.5 Å². The van der Waals surface area contributed by atoms with E-state index < -0.39 is 0 Å². The number of aromatic nitrogens is 1. The molecule has 1 heterocycles. The highest BCUT2D eigenvalue weighted by molar-refractivity contribution is 5.76. The van der Waals surface area contributed by atoms with Gasteiger partial charge in [0.15, 0.2) is 0 Å².